The van der Waals surface area contributed by atoms with Crippen LogP contribution in [-0.2, 0) is 16.4 Å². The Labute approximate surface area is 173 Å². The van der Waals surface area contributed by atoms with Crippen molar-refractivity contribution in [2.75, 3.05) is 5.32 Å². The van der Waals surface area contributed by atoms with Gasteiger partial charge in [-0.05, 0) is 43.7 Å². The van der Waals surface area contributed by atoms with Gasteiger partial charge in [-0.1, -0.05) is 24.3 Å². The number of benzene rings is 2. The Hall–Kier alpha value is -3.30. The molecule has 30 heavy (non-hydrogen) atoms. The van der Waals surface area contributed by atoms with Gasteiger partial charge in [0.15, 0.2) is 26.8 Å². The number of H-pyrrole nitrogens is 1. The third-order valence-corrected chi connectivity index (χ3v) is 6.97. The fourth-order valence-electron chi connectivity index (χ4n) is 3.40. The summed E-state index contributed by atoms with van der Waals surface area (Å²) in [6.07, 6.45) is 0. The lowest BCUT2D eigenvalue weighted by Crippen LogP contribution is -2.23. The van der Waals surface area contributed by atoms with Gasteiger partial charge in [0.2, 0.25) is 0 Å². The first-order valence-electron chi connectivity index (χ1n) is 9.31. The molecule has 1 unspecified atom stereocenters. The molecule has 1 aliphatic rings. The maximum Gasteiger partial charge on any atom is 0.256 e. The van der Waals surface area contributed by atoms with Crippen LogP contribution in [0.2, 0.25) is 0 Å². The van der Waals surface area contributed by atoms with Crippen molar-refractivity contribution in [1.29, 1.82) is 0 Å². The molecule has 1 atom stereocenters. The Morgan fingerprint density at radius 1 is 1.10 bits per heavy atom. The summed E-state index contributed by atoms with van der Waals surface area (Å²) in [5.41, 5.74) is 2.75. The van der Waals surface area contributed by atoms with Crippen molar-refractivity contribution in [3.8, 4) is 0 Å². The van der Waals surface area contributed by atoms with Crippen LogP contribution in [0.25, 0.3) is 0 Å². The molecule has 0 saturated heterocycles. The van der Waals surface area contributed by atoms with E-state index in [1.54, 1.807) is 42.5 Å². The van der Waals surface area contributed by atoms with E-state index in [1.165, 1.54) is 6.92 Å². The minimum absolute atomic E-state index is 0.0842. The highest BCUT2D eigenvalue weighted by atomic mass is 32.2. The Balaban J connectivity index is 1.57. The molecule has 1 aromatic heterocycles. The molecule has 0 radical (unpaired) electrons. The maximum absolute atomic E-state index is 13.1. The highest BCUT2D eigenvalue weighted by Gasteiger charge is 2.38. The monoisotopic (exact) mass is 424 g/mol. The lowest BCUT2D eigenvalue weighted by atomic mass is 10.1. The molecule has 154 valence electrons. The number of anilines is 1. The van der Waals surface area contributed by atoms with Crippen LogP contribution >= 0.6 is 0 Å². The van der Waals surface area contributed by atoms with E-state index in [2.05, 4.69) is 20.8 Å². The maximum atomic E-state index is 13.1. The van der Waals surface area contributed by atoms with Gasteiger partial charge in [0.25, 0.3) is 5.91 Å². The number of aromatic nitrogens is 2. The second kappa shape index (κ2) is 7.51. The molecule has 8 nitrogen and oxygen atoms in total. The van der Waals surface area contributed by atoms with Gasteiger partial charge in [-0.25, -0.2) is 8.42 Å². The summed E-state index contributed by atoms with van der Waals surface area (Å²) in [5, 5.41) is 11.6. The normalized spacial score (nSPS) is 15.6. The number of hydrogen-bond donors (Lipinski definition) is 3. The first-order valence-corrected chi connectivity index (χ1v) is 10.9. The van der Waals surface area contributed by atoms with Crippen LogP contribution in [0, 0.1) is 6.92 Å². The van der Waals surface area contributed by atoms with Gasteiger partial charge < -0.3 is 5.32 Å². The summed E-state index contributed by atoms with van der Waals surface area (Å²) in [7, 11) is -3.68. The topological polar surface area (TPSA) is 121 Å². The van der Waals surface area contributed by atoms with Crippen LogP contribution < -0.4 is 10.6 Å². The highest BCUT2D eigenvalue weighted by Crippen LogP contribution is 2.35. The molecular weight excluding hydrogens is 404 g/mol. The molecule has 2 heterocycles. The van der Waals surface area contributed by atoms with Crippen LogP contribution in [0.4, 0.5) is 5.82 Å². The number of ketones is 1. The number of fused-ring (bicyclic) bond motifs is 1. The molecule has 0 bridgehead atoms. The number of nitrogens with zero attached hydrogens (tertiary/aromatic N) is 1. The lowest BCUT2D eigenvalue weighted by molar-refractivity contribution is 0.100. The van der Waals surface area contributed by atoms with E-state index in [9.17, 15) is 18.0 Å². The minimum Gasteiger partial charge on any atom is -0.305 e. The van der Waals surface area contributed by atoms with Crippen molar-refractivity contribution in [2.45, 2.75) is 30.7 Å². The van der Waals surface area contributed by atoms with Crippen LogP contribution in [0.1, 0.15) is 49.8 Å². The van der Waals surface area contributed by atoms with Crippen LogP contribution in [0.5, 0.6) is 0 Å². The molecule has 3 N–H and O–H groups in total. The number of aryl methyl sites for hydroxylation is 1. The quantitative estimate of drug-likeness (QED) is 0.542. The molecule has 0 spiro atoms. The predicted octanol–water partition coefficient (Wildman–Crippen LogP) is 2.75. The average Bonchev–Trinajstić information content (AvgIpc) is 3.31. The number of sulfone groups is 1. The van der Waals surface area contributed by atoms with Crippen LogP contribution in [-0.4, -0.2) is 30.3 Å². The van der Waals surface area contributed by atoms with Crippen molar-refractivity contribution >= 4 is 27.3 Å². The first kappa shape index (κ1) is 20.0. The Bertz CT molecular complexity index is 1250. The Kier molecular flexibility index (Phi) is 5.00. The zero-order valence-electron chi connectivity index (χ0n) is 16.4. The summed E-state index contributed by atoms with van der Waals surface area (Å²) in [4.78, 5) is 24.1. The Morgan fingerprint density at radius 2 is 1.80 bits per heavy atom. The van der Waals surface area contributed by atoms with Crippen molar-refractivity contribution in [3.05, 3.63) is 76.5 Å². The SMILES string of the molecule is CC(=O)c1ccc(C(=O)Nc2n[nH]c3c2CNC3S(=O)(=O)c2cccc(C)c2)cc1. The Morgan fingerprint density at radius 3 is 2.47 bits per heavy atom. The number of carbonyl (C=O) groups is 2. The first-order chi connectivity index (χ1) is 14.3. The number of nitrogens with one attached hydrogen (secondary N) is 3. The number of amides is 1. The molecule has 2 aromatic carbocycles. The molecule has 4 rings (SSSR count). The van der Waals surface area contributed by atoms with Gasteiger partial charge in [-0.2, -0.15) is 5.10 Å². The van der Waals surface area contributed by atoms with E-state index in [0.717, 1.165) is 5.56 Å². The van der Waals surface area contributed by atoms with E-state index in [0.29, 0.717) is 22.4 Å². The van der Waals surface area contributed by atoms with Crippen molar-refractivity contribution in [3.63, 3.8) is 0 Å². The van der Waals surface area contributed by atoms with E-state index in [1.807, 2.05) is 13.0 Å². The fourth-order valence-corrected chi connectivity index (χ4v) is 5.10. The smallest absolute Gasteiger partial charge is 0.256 e. The molecular formula is C21H20N4O4S. The van der Waals surface area contributed by atoms with Gasteiger partial charge >= 0.3 is 0 Å². The number of aromatic amines is 1. The lowest BCUT2D eigenvalue weighted by Gasteiger charge is -2.12. The molecule has 1 aliphatic heterocycles. The fraction of sp³-hybridized carbons (Fsp3) is 0.190. The van der Waals surface area contributed by atoms with Crippen LogP contribution in [0.3, 0.4) is 0 Å². The number of carbonyl (C=O) groups excluding carboxylic acids is 2. The number of hydrogen-bond acceptors (Lipinski definition) is 6. The van der Waals surface area contributed by atoms with Gasteiger partial charge in [-0.3, -0.25) is 20.0 Å². The summed E-state index contributed by atoms with van der Waals surface area (Å²) in [6, 6.07) is 13.0. The van der Waals surface area contributed by atoms with E-state index < -0.39 is 21.1 Å². The molecule has 0 fully saturated rings. The largest absolute Gasteiger partial charge is 0.305 e. The summed E-state index contributed by atoms with van der Waals surface area (Å²) in [6.45, 7) is 3.54. The zero-order valence-corrected chi connectivity index (χ0v) is 17.2. The van der Waals surface area contributed by atoms with Gasteiger partial charge in [-0.15, -0.1) is 0 Å². The van der Waals surface area contributed by atoms with Crippen molar-refractivity contribution in [2.24, 2.45) is 0 Å². The van der Waals surface area contributed by atoms with Crippen molar-refractivity contribution < 1.29 is 18.0 Å². The summed E-state index contributed by atoms with van der Waals surface area (Å²) < 4.78 is 26.1. The van der Waals surface area contributed by atoms with Crippen LogP contribution in [0.15, 0.2) is 53.4 Å². The second-order valence-electron chi connectivity index (χ2n) is 7.17. The molecule has 1 amide bonds. The second-order valence-corrected chi connectivity index (χ2v) is 9.21. The minimum atomic E-state index is -3.68. The van der Waals surface area contributed by atoms with Gasteiger partial charge in [0, 0.05) is 23.2 Å². The average molecular weight is 424 g/mol. The van der Waals surface area contributed by atoms with Gasteiger partial charge in [0.1, 0.15) is 0 Å². The standard InChI is InChI=1S/C21H20N4O4S/c1-12-4-3-5-16(10-12)30(28,29)21-18-17(11-22-21)19(25-24-18)23-20(27)15-8-6-14(7-9-15)13(2)26/h3-10,21-22H,11H2,1-2H3,(H2,23,24,25,27). The van der Waals surface area contributed by atoms with E-state index in [4.69, 9.17) is 0 Å². The molecule has 3 aromatic rings. The zero-order chi connectivity index (χ0) is 21.5. The summed E-state index contributed by atoms with van der Waals surface area (Å²) in [5.74, 6) is -0.205. The number of Topliss-reactive ketones (excluding diaryl/α,β-unsaturated/α-hetero) is 1. The molecule has 0 saturated carbocycles. The third-order valence-electron chi connectivity index (χ3n) is 5.04. The van der Waals surface area contributed by atoms with E-state index in [-0.39, 0.29) is 23.0 Å². The highest BCUT2D eigenvalue weighted by molar-refractivity contribution is 7.91. The van der Waals surface area contributed by atoms with Gasteiger partial charge in [0.05, 0.1) is 10.6 Å². The van der Waals surface area contributed by atoms with E-state index >= 15 is 0 Å². The predicted molar refractivity (Wildman–Crippen MR) is 111 cm³/mol. The number of rotatable bonds is 5. The third kappa shape index (κ3) is 3.53. The summed E-state index contributed by atoms with van der Waals surface area (Å²) >= 11 is 0. The molecule has 9 heteroatoms. The van der Waals surface area contributed by atoms with Crippen molar-refractivity contribution in [1.82, 2.24) is 15.5 Å². The molecule has 0 aliphatic carbocycles.